The number of Topliss-reactive ketones (excluding diaryl/α,β-unsaturated/α-hetero) is 1. The Morgan fingerprint density at radius 1 is 1.58 bits per heavy atom. The molecule has 0 aliphatic carbocycles. The summed E-state index contributed by atoms with van der Waals surface area (Å²) < 4.78 is 12.6. The molecule has 0 radical (unpaired) electrons. The third-order valence-corrected chi connectivity index (χ3v) is 1.67. The Kier molecular flexibility index (Phi) is 2.55. The Hall–Kier alpha value is -1.22. The van der Waals surface area contributed by atoms with Gasteiger partial charge in [-0.05, 0) is 30.7 Å². The zero-order valence-electron chi connectivity index (χ0n) is 6.80. The van der Waals surface area contributed by atoms with E-state index in [-0.39, 0.29) is 18.1 Å². The first-order chi connectivity index (χ1) is 5.65. The molecule has 0 bridgehead atoms. The summed E-state index contributed by atoms with van der Waals surface area (Å²) >= 11 is 0. The third-order valence-electron chi connectivity index (χ3n) is 1.67. The predicted octanol–water partition coefficient (Wildman–Crippen LogP) is 1.28. The van der Waals surface area contributed by atoms with Gasteiger partial charge in [0.1, 0.15) is 5.82 Å². The molecule has 12 heavy (non-hydrogen) atoms. The van der Waals surface area contributed by atoms with E-state index in [0.29, 0.717) is 11.1 Å². The van der Waals surface area contributed by atoms with Gasteiger partial charge in [0.05, 0.1) is 6.54 Å². The van der Waals surface area contributed by atoms with Crippen molar-refractivity contribution in [3.8, 4) is 0 Å². The van der Waals surface area contributed by atoms with E-state index in [9.17, 15) is 9.18 Å². The molecular weight excluding hydrogens is 157 g/mol. The second kappa shape index (κ2) is 3.45. The molecule has 0 saturated heterocycles. The van der Waals surface area contributed by atoms with Crippen LogP contribution in [0.15, 0.2) is 18.2 Å². The monoisotopic (exact) mass is 167 g/mol. The fourth-order valence-electron chi connectivity index (χ4n) is 1.05. The molecule has 1 rings (SSSR count). The van der Waals surface area contributed by atoms with E-state index in [1.807, 2.05) is 0 Å². The molecule has 2 N–H and O–H groups in total. The highest BCUT2D eigenvalue weighted by Crippen LogP contribution is 2.09. The summed E-state index contributed by atoms with van der Waals surface area (Å²) in [5.41, 5.74) is 6.30. The van der Waals surface area contributed by atoms with Crippen molar-refractivity contribution in [3.63, 3.8) is 0 Å². The minimum atomic E-state index is -0.332. The maximum Gasteiger partial charge on any atom is 0.176 e. The summed E-state index contributed by atoms with van der Waals surface area (Å²) in [4.78, 5) is 11.1. The van der Waals surface area contributed by atoms with Crippen LogP contribution in [0.1, 0.15) is 15.9 Å². The van der Waals surface area contributed by atoms with Crippen LogP contribution < -0.4 is 5.73 Å². The highest BCUT2D eigenvalue weighted by molar-refractivity contribution is 5.98. The maximum atomic E-state index is 12.6. The number of hydrogen-bond acceptors (Lipinski definition) is 2. The minimum Gasteiger partial charge on any atom is -0.324 e. The lowest BCUT2D eigenvalue weighted by Gasteiger charge is -2.01. The fraction of sp³-hybridized carbons (Fsp3) is 0.222. The summed E-state index contributed by atoms with van der Waals surface area (Å²) in [5.74, 6) is -0.492. The highest BCUT2D eigenvalue weighted by atomic mass is 19.1. The molecule has 0 aliphatic heterocycles. The van der Waals surface area contributed by atoms with Gasteiger partial charge in [0, 0.05) is 5.56 Å². The molecule has 0 atom stereocenters. The Labute approximate surface area is 70.2 Å². The lowest BCUT2D eigenvalue weighted by atomic mass is 10.1. The molecule has 0 aliphatic rings. The number of aryl methyl sites for hydroxylation is 1. The van der Waals surface area contributed by atoms with Gasteiger partial charge in [0.25, 0.3) is 0 Å². The van der Waals surface area contributed by atoms with E-state index < -0.39 is 0 Å². The average molecular weight is 167 g/mol. The fourth-order valence-corrected chi connectivity index (χ4v) is 1.05. The number of carbonyl (C=O) groups excluding carboxylic acids is 1. The van der Waals surface area contributed by atoms with Crippen LogP contribution in [0, 0.1) is 12.7 Å². The Morgan fingerprint density at radius 2 is 2.25 bits per heavy atom. The lowest BCUT2D eigenvalue weighted by Crippen LogP contribution is -2.14. The van der Waals surface area contributed by atoms with Crippen LogP contribution in [0.3, 0.4) is 0 Å². The van der Waals surface area contributed by atoms with Crippen molar-refractivity contribution in [2.24, 2.45) is 5.73 Å². The zero-order chi connectivity index (χ0) is 9.14. The van der Waals surface area contributed by atoms with Crippen molar-refractivity contribution >= 4 is 5.78 Å². The SMILES string of the molecule is Cc1cc(F)ccc1C(=O)CN. The molecule has 0 fully saturated rings. The highest BCUT2D eigenvalue weighted by Gasteiger charge is 2.06. The van der Waals surface area contributed by atoms with Crippen molar-refractivity contribution in [2.45, 2.75) is 6.92 Å². The summed E-state index contributed by atoms with van der Waals surface area (Å²) in [5, 5.41) is 0. The molecule has 0 amide bonds. The van der Waals surface area contributed by atoms with E-state index in [1.54, 1.807) is 6.92 Å². The number of rotatable bonds is 2. The first-order valence-electron chi connectivity index (χ1n) is 3.64. The molecule has 64 valence electrons. The molecule has 1 aromatic rings. The van der Waals surface area contributed by atoms with Crippen LogP contribution in [-0.2, 0) is 0 Å². The topological polar surface area (TPSA) is 43.1 Å². The molecule has 0 aromatic heterocycles. The smallest absolute Gasteiger partial charge is 0.176 e. The number of hydrogen-bond donors (Lipinski definition) is 1. The van der Waals surface area contributed by atoms with Crippen LogP contribution >= 0.6 is 0 Å². The van der Waals surface area contributed by atoms with Crippen molar-refractivity contribution in [3.05, 3.63) is 35.1 Å². The molecule has 3 heteroatoms. The van der Waals surface area contributed by atoms with Crippen molar-refractivity contribution in [2.75, 3.05) is 6.54 Å². The quantitative estimate of drug-likeness (QED) is 0.674. The van der Waals surface area contributed by atoms with E-state index in [0.717, 1.165) is 0 Å². The molecular formula is C9H10FNO. The van der Waals surface area contributed by atoms with E-state index in [2.05, 4.69) is 0 Å². The van der Waals surface area contributed by atoms with Crippen molar-refractivity contribution in [1.82, 2.24) is 0 Å². The van der Waals surface area contributed by atoms with Gasteiger partial charge in [-0.2, -0.15) is 0 Å². The first kappa shape index (κ1) is 8.87. The van der Waals surface area contributed by atoms with Crippen LogP contribution in [0.5, 0.6) is 0 Å². The number of nitrogens with two attached hydrogens (primary N) is 1. The maximum absolute atomic E-state index is 12.6. The summed E-state index contributed by atoms with van der Waals surface area (Å²) in [6.07, 6.45) is 0. The van der Waals surface area contributed by atoms with Gasteiger partial charge >= 0.3 is 0 Å². The van der Waals surface area contributed by atoms with Gasteiger partial charge < -0.3 is 5.73 Å². The Bertz CT molecular complexity index is 309. The van der Waals surface area contributed by atoms with Gasteiger partial charge in [-0.15, -0.1) is 0 Å². The van der Waals surface area contributed by atoms with Gasteiger partial charge in [-0.3, -0.25) is 4.79 Å². The Balaban J connectivity index is 3.09. The summed E-state index contributed by atoms with van der Waals surface area (Å²) in [7, 11) is 0. The molecule has 1 aromatic carbocycles. The number of halogens is 1. The number of carbonyl (C=O) groups is 1. The largest absolute Gasteiger partial charge is 0.324 e. The van der Waals surface area contributed by atoms with E-state index in [1.165, 1.54) is 18.2 Å². The van der Waals surface area contributed by atoms with Crippen LogP contribution in [-0.4, -0.2) is 12.3 Å². The van der Waals surface area contributed by atoms with Gasteiger partial charge in [-0.25, -0.2) is 4.39 Å². The summed E-state index contributed by atoms with van der Waals surface area (Å²) in [6, 6.07) is 4.04. The summed E-state index contributed by atoms with van der Waals surface area (Å²) in [6.45, 7) is 1.65. The third kappa shape index (κ3) is 1.68. The molecule has 0 unspecified atom stereocenters. The Morgan fingerprint density at radius 3 is 2.75 bits per heavy atom. The molecule has 0 saturated carbocycles. The normalized spacial score (nSPS) is 9.92. The van der Waals surface area contributed by atoms with Crippen LogP contribution in [0.25, 0.3) is 0 Å². The van der Waals surface area contributed by atoms with Crippen molar-refractivity contribution in [1.29, 1.82) is 0 Å². The molecule has 0 heterocycles. The van der Waals surface area contributed by atoms with Crippen LogP contribution in [0.4, 0.5) is 4.39 Å². The van der Waals surface area contributed by atoms with E-state index >= 15 is 0 Å². The van der Waals surface area contributed by atoms with Gasteiger partial charge in [0.2, 0.25) is 0 Å². The average Bonchev–Trinajstić information content (AvgIpc) is 2.03. The van der Waals surface area contributed by atoms with Gasteiger partial charge in [-0.1, -0.05) is 0 Å². The van der Waals surface area contributed by atoms with Crippen molar-refractivity contribution < 1.29 is 9.18 Å². The second-order valence-electron chi connectivity index (χ2n) is 2.59. The molecule has 0 spiro atoms. The first-order valence-corrected chi connectivity index (χ1v) is 3.64. The van der Waals surface area contributed by atoms with Gasteiger partial charge in [0.15, 0.2) is 5.78 Å². The lowest BCUT2D eigenvalue weighted by molar-refractivity contribution is 0.100. The predicted molar refractivity (Wildman–Crippen MR) is 44.5 cm³/mol. The standard InChI is InChI=1S/C9H10FNO/c1-6-4-7(10)2-3-8(6)9(12)5-11/h2-4H,5,11H2,1H3. The minimum absolute atomic E-state index is 0.0352. The molecule has 2 nitrogen and oxygen atoms in total. The van der Waals surface area contributed by atoms with E-state index in [4.69, 9.17) is 5.73 Å². The second-order valence-corrected chi connectivity index (χ2v) is 2.59. The van der Waals surface area contributed by atoms with Crippen LogP contribution in [0.2, 0.25) is 0 Å². The number of ketones is 1. The number of benzene rings is 1. The zero-order valence-corrected chi connectivity index (χ0v) is 6.80.